The molecule has 4 nitrogen and oxygen atoms in total. The van der Waals surface area contributed by atoms with Gasteiger partial charge in [0.05, 0.1) is 17.0 Å². The Morgan fingerprint density at radius 2 is 1.83 bits per heavy atom. The molecule has 0 amide bonds. The molecule has 0 heterocycles. The number of nitrogens with one attached hydrogen (secondary N) is 1. The van der Waals surface area contributed by atoms with Crippen molar-refractivity contribution in [3.05, 3.63) is 22.7 Å². The van der Waals surface area contributed by atoms with Gasteiger partial charge in [0, 0.05) is 5.54 Å². The molecular weight excluding hydrogens is 274 g/mol. The lowest BCUT2D eigenvalue weighted by Gasteiger charge is -2.21. The molecule has 1 aromatic rings. The SMILES string of the molecule is COc1cc(C)c(S(=O)(=O)NC(C)(C)C)cc1Cl. The van der Waals surface area contributed by atoms with Crippen molar-refractivity contribution in [2.24, 2.45) is 0 Å². The molecule has 0 aromatic heterocycles. The Labute approximate surface area is 113 Å². The molecule has 0 aliphatic heterocycles. The van der Waals surface area contributed by atoms with E-state index in [1.54, 1.807) is 33.8 Å². The fourth-order valence-corrected chi connectivity index (χ4v) is 3.52. The fraction of sp³-hybridized carbons (Fsp3) is 0.500. The maximum atomic E-state index is 12.2. The minimum absolute atomic E-state index is 0.170. The third kappa shape index (κ3) is 3.60. The van der Waals surface area contributed by atoms with E-state index < -0.39 is 15.6 Å². The smallest absolute Gasteiger partial charge is 0.241 e. The molecular formula is C12H18ClNO3S. The quantitative estimate of drug-likeness (QED) is 0.931. The van der Waals surface area contributed by atoms with Crippen molar-refractivity contribution < 1.29 is 13.2 Å². The molecule has 0 spiro atoms. The molecule has 0 saturated carbocycles. The Kier molecular flexibility index (Phi) is 4.30. The third-order valence-electron chi connectivity index (χ3n) is 2.18. The van der Waals surface area contributed by atoms with E-state index in [0.717, 1.165) is 0 Å². The van der Waals surface area contributed by atoms with Crippen molar-refractivity contribution in [3.8, 4) is 5.75 Å². The molecule has 0 unspecified atom stereocenters. The van der Waals surface area contributed by atoms with E-state index in [9.17, 15) is 8.42 Å². The molecule has 18 heavy (non-hydrogen) atoms. The van der Waals surface area contributed by atoms with Gasteiger partial charge in [-0.15, -0.1) is 0 Å². The van der Waals surface area contributed by atoms with Gasteiger partial charge in [0.15, 0.2) is 0 Å². The van der Waals surface area contributed by atoms with Gasteiger partial charge in [0.1, 0.15) is 5.75 Å². The monoisotopic (exact) mass is 291 g/mol. The van der Waals surface area contributed by atoms with Crippen LogP contribution in [0.4, 0.5) is 0 Å². The molecule has 0 saturated heterocycles. The molecule has 0 aliphatic rings. The summed E-state index contributed by atoms with van der Waals surface area (Å²) in [5.74, 6) is 0.462. The van der Waals surface area contributed by atoms with Gasteiger partial charge in [-0.05, 0) is 45.4 Å². The molecule has 1 aromatic carbocycles. The summed E-state index contributed by atoms with van der Waals surface area (Å²) in [6.07, 6.45) is 0. The Balaban J connectivity index is 3.30. The number of sulfonamides is 1. The summed E-state index contributed by atoms with van der Waals surface area (Å²) in [7, 11) is -2.10. The first-order valence-electron chi connectivity index (χ1n) is 5.45. The zero-order chi connectivity index (χ0) is 14.1. The van der Waals surface area contributed by atoms with Crippen molar-refractivity contribution >= 4 is 21.6 Å². The summed E-state index contributed by atoms with van der Waals surface area (Å²) in [5.41, 5.74) is 0.0468. The summed E-state index contributed by atoms with van der Waals surface area (Å²) < 4.78 is 32.1. The van der Waals surface area contributed by atoms with Gasteiger partial charge in [-0.25, -0.2) is 13.1 Å². The highest BCUT2D eigenvalue weighted by atomic mass is 35.5. The number of methoxy groups -OCH3 is 1. The Hall–Kier alpha value is -0.780. The molecule has 0 atom stereocenters. The van der Waals surface area contributed by atoms with E-state index in [0.29, 0.717) is 11.3 Å². The van der Waals surface area contributed by atoms with Gasteiger partial charge in [-0.3, -0.25) is 0 Å². The molecule has 0 radical (unpaired) electrons. The summed E-state index contributed by atoms with van der Waals surface area (Å²) >= 11 is 5.96. The molecule has 1 N–H and O–H groups in total. The highest BCUT2D eigenvalue weighted by molar-refractivity contribution is 7.89. The summed E-state index contributed by atoms with van der Waals surface area (Å²) in [5, 5.41) is 0.275. The minimum atomic E-state index is -3.59. The predicted octanol–water partition coefficient (Wildman–Crippen LogP) is 2.73. The fourth-order valence-electron chi connectivity index (χ4n) is 1.54. The first-order valence-corrected chi connectivity index (χ1v) is 7.31. The van der Waals surface area contributed by atoms with E-state index >= 15 is 0 Å². The van der Waals surface area contributed by atoms with Gasteiger partial charge >= 0.3 is 0 Å². The van der Waals surface area contributed by atoms with Crippen LogP contribution in [0.25, 0.3) is 0 Å². The normalized spacial score (nSPS) is 12.6. The maximum Gasteiger partial charge on any atom is 0.241 e. The van der Waals surface area contributed by atoms with Crippen LogP contribution in [0.2, 0.25) is 5.02 Å². The highest BCUT2D eigenvalue weighted by Gasteiger charge is 2.24. The van der Waals surface area contributed by atoms with Crippen LogP contribution in [0.5, 0.6) is 5.75 Å². The lowest BCUT2D eigenvalue weighted by atomic mass is 10.1. The van der Waals surface area contributed by atoms with E-state index in [4.69, 9.17) is 16.3 Å². The van der Waals surface area contributed by atoms with Crippen molar-refractivity contribution in [1.82, 2.24) is 4.72 Å². The van der Waals surface area contributed by atoms with Gasteiger partial charge in [-0.1, -0.05) is 11.6 Å². The van der Waals surface area contributed by atoms with Crippen molar-refractivity contribution in [1.29, 1.82) is 0 Å². The predicted molar refractivity (Wildman–Crippen MR) is 72.8 cm³/mol. The van der Waals surface area contributed by atoms with Crippen LogP contribution < -0.4 is 9.46 Å². The van der Waals surface area contributed by atoms with Crippen LogP contribution in [0.1, 0.15) is 26.3 Å². The second-order valence-corrected chi connectivity index (χ2v) is 7.17. The Morgan fingerprint density at radius 1 is 1.28 bits per heavy atom. The zero-order valence-corrected chi connectivity index (χ0v) is 12.7. The Morgan fingerprint density at radius 3 is 2.28 bits per heavy atom. The molecule has 0 aliphatic carbocycles. The average molecular weight is 292 g/mol. The van der Waals surface area contributed by atoms with Gasteiger partial charge < -0.3 is 4.74 Å². The average Bonchev–Trinajstić information content (AvgIpc) is 2.17. The third-order valence-corrected chi connectivity index (χ3v) is 4.37. The van der Waals surface area contributed by atoms with Crippen LogP contribution in [0.3, 0.4) is 0 Å². The number of benzene rings is 1. The maximum absolute atomic E-state index is 12.2. The second-order valence-electron chi connectivity index (χ2n) is 5.11. The highest BCUT2D eigenvalue weighted by Crippen LogP contribution is 2.30. The van der Waals surface area contributed by atoms with Crippen LogP contribution in [0, 0.1) is 6.92 Å². The standard InChI is InChI=1S/C12H18ClNO3S/c1-8-6-10(17-5)9(13)7-11(8)18(15,16)14-12(2,3)4/h6-7,14H,1-5H3. The van der Waals surface area contributed by atoms with Crippen LogP contribution in [-0.2, 0) is 10.0 Å². The van der Waals surface area contributed by atoms with Crippen LogP contribution >= 0.6 is 11.6 Å². The summed E-state index contributed by atoms with van der Waals surface area (Å²) in [6, 6.07) is 3.02. The number of halogens is 1. The van der Waals surface area contributed by atoms with E-state index in [1.807, 2.05) is 0 Å². The number of hydrogen-bond acceptors (Lipinski definition) is 3. The van der Waals surface area contributed by atoms with Crippen LogP contribution in [0.15, 0.2) is 17.0 Å². The van der Waals surface area contributed by atoms with E-state index in [1.165, 1.54) is 13.2 Å². The van der Waals surface area contributed by atoms with Gasteiger partial charge in [0.2, 0.25) is 10.0 Å². The van der Waals surface area contributed by atoms with Crippen molar-refractivity contribution in [2.45, 2.75) is 38.1 Å². The van der Waals surface area contributed by atoms with Crippen molar-refractivity contribution in [2.75, 3.05) is 7.11 Å². The lowest BCUT2D eigenvalue weighted by Crippen LogP contribution is -2.40. The second kappa shape index (κ2) is 5.07. The minimum Gasteiger partial charge on any atom is -0.495 e. The number of rotatable bonds is 3. The van der Waals surface area contributed by atoms with Gasteiger partial charge in [-0.2, -0.15) is 0 Å². The van der Waals surface area contributed by atoms with Crippen molar-refractivity contribution in [3.63, 3.8) is 0 Å². The first kappa shape index (κ1) is 15.3. The molecule has 6 heteroatoms. The largest absolute Gasteiger partial charge is 0.495 e. The van der Waals surface area contributed by atoms with Crippen LogP contribution in [-0.4, -0.2) is 21.1 Å². The topological polar surface area (TPSA) is 55.4 Å². The number of aryl methyl sites for hydroxylation is 1. The summed E-state index contributed by atoms with van der Waals surface area (Å²) in [4.78, 5) is 0.170. The summed E-state index contributed by atoms with van der Waals surface area (Å²) in [6.45, 7) is 7.05. The number of ether oxygens (including phenoxy) is 1. The molecule has 1 rings (SSSR count). The lowest BCUT2D eigenvalue weighted by molar-refractivity contribution is 0.414. The van der Waals surface area contributed by atoms with E-state index in [2.05, 4.69) is 4.72 Å². The molecule has 0 bridgehead atoms. The number of hydrogen-bond donors (Lipinski definition) is 1. The van der Waals surface area contributed by atoms with Gasteiger partial charge in [0.25, 0.3) is 0 Å². The van der Waals surface area contributed by atoms with E-state index in [-0.39, 0.29) is 9.92 Å². The molecule has 0 fully saturated rings. The zero-order valence-electron chi connectivity index (χ0n) is 11.2. The first-order chi connectivity index (χ1) is 8.07. The molecule has 102 valence electrons. The Bertz CT molecular complexity index is 547.